The lowest BCUT2D eigenvalue weighted by atomic mass is 10.0. The first kappa shape index (κ1) is 23.1. The SMILES string of the molecule is CCNC(=O)C(C)N(Cc1ccc(Cl)cc1Cl)C(=O)CCc1cccc2ccccc12. The highest BCUT2D eigenvalue weighted by Crippen LogP contribution is 2.24. The van der Waals surface area contributed by atoms with Crippen molar-refractivity contribution in [3.8, 4) is 0 Å². The lowest BCUT2D eigenvalue weighted by molar-refractivity contribution is -0.140. The second-order valence-electron chi connectivity index (χ2n) is 7.47. The Morgan fingerprint density at radius 2 is 1.74 bits per heavy atom. The maximum atomic E-state index is 13.3. The number of hydrogen-bond acceptors (Lipinski definition) is 2. The van der Waals surface area contributed by atoms with E-state index < -0.39 is 6.04 Å². The minimum atomic E-state index is -0.619. The number of aryl methyl sites for hydroxylation is 1. The number of fused-ring (bicyclic) bond motifs is 1. The normalized spacial score (nSPS) is 11.9. The summed E-state index contributed by atoms with van der Waals surface area (Å²) in [6, 6.07) is 18.8. The molecule has 3 aromatic rings. The van der Waals surface area contributed by atoms with Gasteiger partial charge in [0.25, 0.3) is 0 Å². The van der Waals surface area contributed by atoms with Crippen molar-refractivity contribution >= 4 is 45.8 Å². The van der Waals surface area contributed by atoms with Crippen LogP contribution in [-0.4, -0.2) is 29.3 Å². The van der Waals surface area contributed by atoms with Gasteiger partial charge in [0.05, 0.1) is 0 Å². The van der Waals surface area contributed by atoms with Crippen molar-refractivity contribution in [3.05, 3.63) is 81.8 Å². The summed E-state index contributed by atoms with van der Waals surface area (Å²) >= 11 is 12.3. The molecule has 6 heteroatoms. The summed E-state index contributed by atoms with van der Waals surface area (Å²) in [5.41, 5.74) is 1.86. The van der Waals surface area contributed by atoms with Gasteiger partial charge >= 0.3 is 0 Å². The van der Waals surface area contributed by atoms with Crippen LogP contribution in [-0.2, 0) is 22.6 Å². The maximum absolute atomic E-state index is 13.3. The van der Waals surface area contributed by atoms with Gasteiger partial charge in [0.1, 0.15) is 6.04 Å². The van der Waals surface area contributed by atoms with Gasteiger partial charge in [0.15, 0.2) is 0 Å². The number of hydrogen-bond donors (Lipinski definition) is 1. The molecule has 1 N–H and O–H groups in total. The fourth-order valence-electron chi connectivity index (χ4n) is 3.63. The molecule has 0 radical (unpaired) electrons. The molecule has 0 fully saturated rings. The van der Waals surface area contributed by atoms with Crippen molar-refractivity contribution in [1.29, 1.82) is 0 Å². The second kappa shape index (κ2) is 10.7. The number of carbonyl (C=O) groups is 2. The average Bonchev–Trinajstić information content (AvgIpc) is 2.76. The Balaban J connectivity index is 1.81. The average molecular weight is 457 g/mol. The Kier molecular flexibility index (Phi) is 7.94. The molecule has 3 rings (SSSR count). The number of carbonyl (C=O) groups excluding carboxylic acids is 2. The molecule has 0 bridgehead atoms. The van der Waals surface area contributed by atoms with Gasteiger partial charge in [0, 0.05) is 29.6 Å². The molecule has 2 amide bonds. The van der Waals surface area contributed by atoms with Gasteiger partial charge in [-0.15, -0.1) is 0 Å². The third-order valence-electron chi connectivity index (χ3n) is 5.36. The minimum Gasteiger partial charge on any atom is -0.355 e. The van der Waals surface area contributed by atoms with E-state index in [-0.39, 0.29) is 18.4 Å². The highest BCUT2D eigenvalue weighted by Gasteiger charge is 2.26. The van der Waals surface area contributed by atoms with E-state index in [2.05, 4.69) is 23.5 Å². The zero-order chi connectivity index (χ0) is 22.4. The first-order valence-electron chi connectivity index (χ1n) is 10.4. The predicted octanol–water partition coefficient (Wildman–Crippen LogP) is 5.63. The van der Waals surface area contributed by atoms with Gasteiger partial charge in [-0.2, -0.15) is 0 Å². The third kappa shape index (κ3) is 5.78. The van der Waals surface area contributed by atoms with Crippen LogP contribution < -0.4 is 5.32 Å². The first-order valence-corrected chi connectivity index (χ1v) is 11.1. The molecule has 0 aliphatic rings. The molecule has 4 nitrogen and oxygen atoms in total. The monoisotopic (exact) mass is 456 g/mol. The molecule has 3 aromatic carbocycles. The van der Waals surface area contributed by atoms with Gasteiger partial charge in [-0.25, -0.2) is 0 Å². The van der Waals surface area contributed by atoms with E-state index in [0.29, 0.717) is 29.4 Å². The number of rotatable bonds is 8. The van der Waals surface area contributed by atoms with Crippen LogP contribution in [0, 0.1) is 0 Å². The summed E-state index contributed by atoms with van der Waals surface area (Å²) in [4.78, 5) is 27.4. The minimum absolute atomic E-state index is 0.0993. The highest BCUT2D eigenvalue weighted by molar-refractivity contribution is 6.35. The van der Waals surface area contributed by atoms with Gasteiger partial charge in [-0.05, 0) is 54.3 Å². The molecule has 31 heavy (non-hydrogen) atoms. The van der Waals surface area contributed by atoms with Crippen molar-refractivity contribution in [1.82, 2.24) is 10.2 Å². The van der Waals surface area contributed by atoms with E-state index in [1.54, 1.807) is 30.0 Å². The van der Waals surface area contributed by atoms with E-state index in [0.717, 1.165) is 21.9 Å². The fraction of sp³-hybridized carbons (Fsp3) is 0.280. The second-order valence-corrected chi connectivity index (χ2v) is 8.31. The Labute approximate surface area is 193 Å². The van der Waals surface area contributed by atoms with Gasteiger partial charge < -0.3 is 10.2 Å². The number of halogens is 2. The van der Waals surface area contributed by atoms with Crippen LogP contribution in [0.1, 0.15) is 31.4 Å². The molecule has 0 saturated carbocycles. The van der Waals surface area contributed by atoms with Crippen molar-refractivity contribution in [2.75, 3.05) is 6.54 Å². The Hall–Kier alpha value is -2.56. The Morgan fingerprint density at radius 1 is 1.00 bits per heavy atom. The highest BCUT2D eigenvalue weighted by atomic mass is 35.5. The maximum Gasteiger partial charge on any atom is 0.242 e. The largest absolute Gasteiger partial charge is 0.355 e. The fourth-order valence-corrected chi connectivity index (χ4v) is 4.10. The van der Waals surface area contributed by atoms with Crippen molar-refractivity contribution in [2.45, 2.75) is 39.3 Å². The van der Waals surface area contributed by atoms with E-state index in [1.165, 1.54) is 0 Å². The molecule has 0 aromatic heterocycles. The van der Waals surface area contributed by atoms with Gasteiger partial charge in [0.2, 0.25) is 11.8 Å². The number of benzene rings is 3. The summed E-state index contributed by atoms with van der Waals surface area (Å²) in [6.45, 7) is 4.34. The summed E-state index contributed by atoms with van der Waals surface area (Å²) in [5.74, 6) is -0.288. The topological polar surface area (TPSA) is 49.4 Å². The Bertz CT molecular complexity index is 1080. The summed E-state index contributed by atoms with van der Waals surface area (Å²) < 4.78 is 0. The number of nitrogens with zero attached hydrogens (tertiary/aromatic N) is 1. The van der Waals surface area contributed by atoms with Crippen molar-refractivity contribution in [2.24, 2.45) is 0 Å². The number of amides is 2. The lowest BCUT2D eigenvalue weighted by Crippen LogP contribution is -2.47. The molecule has 1 atom stereocenters. The molecule has 0 aliphatic carbocycles. The van der Waals surface area contributed by atoms with Crippen LogP contribution >= 0.6 is 23.2 Å². The van der Waals surface area contributed by atoms with Crippen LogP contribution in [0.25, 0.3) is 10.8 Å². The zero-order valence-corrected chi connectivity index (χ0v) is 19.2. The summed E-state index contributed by atoms with van der Waals surface area (Å²) in [7, 11) is 0. The van der Waals surface area contributed by atoms with E-state index >= 15 is 0 Å². The van der Waals surface area contributed by atoms with Crippen LogP contribution in [0.4, 0.5) is 0 Å². The smallest absolute Gasteiger partial charge is 0.242 e. The van der Waals surface area contributed by atoms with Crippen LogP contribution in [0.5, 0.6) is 0 Å². The molecule has 0 spiro atoms. The van der Waals surface area contributed by atoms with Crippen molar-refractivity contribution < 1.29 is 9.59 Å². The van der Waals surface area contributed by atoms with E-state index in [4.69, 9.17) is 23.2 Å². The van der Waals surface area contributed by atoms with Crippen molar-refractivity contribution in [3.63, 3.8) is 0 Å². The zero-order valence-electron chi connectivity index (χ0n) is 17.7. The van der Waals surface area contributed by atoms with Crippen LogP contribution in [0.2, 0.25) is 10.0 Å². The number of nitrogens with one attached hydrogen (secondary N) is 1. The summed E-state index contributed by atoms with van der Waals surface area (Å²) in [6.07, 6.45) is 0.885. The molecule has 1 unspecified atom stereocenters. The molecule has 0 aliphatic heterocycles. The standard InChI is InChI=1S/C25H26Cl2N2O2/c1-3-28-25(31)17(2)29(16-20-11-13-21(26)15-23(20)27)24(30)14-12-19-9-6-8-18-7-4-5-10-22(18)19/h4-11,13,15,17H,3,12,14,16H2,1-2H3,(H,28,31). The van der Waals surface area contributed by atoms with E-state index in [9.17, 15) is 9.59 Å². The molecular formula is C25H26Cl2N2O2. The predicted molar refractivity (Wildman–Crippen MR) is 127 cm³/mol. The van der Waals surface area contributed by atoms with Gasteiger partial charge in [-0.1, -0.05) is 71.7 Å². The molecular weight excluding hydrogens is 431 g/mol. The molecule has 162 valence electrons. The molecule has 0 saturated heterocycles. The first-order chi connectivity index (χ1) is 14.9. The summed E-state index contributed by atoms with van der Waals surface area (Å²) in [5, 5.41) is 6.09. The quantitative estimate of drug-likeness (QED) is 0.477. The third-order valence-corrected chi connectivity index (χ3v) is 5.95. The molecule has 0 heterocycles. The van der Waals surface area contributed by atoms with Gasteiger partial charge in [-0.3, -0.25) is 9.59 Å². The lowest BCUT2D eigenvalue weighted by Gasteiger charge is -2.29. The Morgan fingerprint density at radius 3 is 2.48 bits per heavy atom. The number of likely N-dealkylation sites (N-methyl/N-ethyl adjacent to an activating group) is 1. The van der Waals surface area contributed by atoms with Crippen LogP contribution in [0.3, 0.4) is 0 Å². The van der Waals surface area contributed by atoms with Crippen LogP contribution in [0.15, 0.2) is 60.7 Å². The van der Waals surface area contributed by atoms with E-state index in [1.807, 2.05) is 31.2 Å².